The van der Waals surface area contributed by atoms with E-state index >= 15 is 0 Å². The van der Waals surface area contributed by atoms with E-state index in [0.717, 1.165) is 12.4 Å². The Morgan fingerprint density at radius 2 is 2.33 bits per heavy atom. The largest absolute Gasteiger partial charge is 0.351 e. The maximum atomic E-state index is 6.01. The summed E-state index contributed by atoms with van der Waals surface area (Å²) in [6.07, 6.45) is 6.67. The van der Waals surface area contributed by atoms with Gasteiger partial charge >= 0.3 is 0 Å². The maximum Gasteiger partial charge on any atom is 0.151 e. The van der Waals surface area contributed by atoms with Crippen LogP contribution in [0.1, 0.15) is 25.7 Å². The fraction of sp³-hybridized carbons (Fsp3) is 0.636. The highest BCUT2D eigenvalue weighted by Crippen LogP contribution is 2.22. The molecule has 1 aliphatic rings. The molecule has 3 nitrogen and oxygen atoms in total. The summed E-state index contributed by atoms with van der Waals surface area (Å²) in [4.78, 5) is 2.30. The number of alkyl halides is 1. The van der Waals surface area contributed by atoms with E-state index in [2.05, 4.69) is 15.1 Å². The average molecular weight is 226 g/mol. The van der Waals surface area contributed by atoms with Crippen LogP contribution in [0.3, 0.4) is 0 Å². The molecule has 2 rings (SSSR count). The van der Waals surface area contributed by atoms with E-state index in [1.807, 2.05) is 12.1 Å². The monoisotopic (exact) mass is 225 g/mol. The number of nitrogens with zero attached hydrogens (tertiary/aromatic N) is 3. The van der Waals surface area contributed by atoms with E-state index in [9.17, 15) is 0 Å². The summed E-state index contributed by atoms with van der Waals surface area (Å²) in [7, 11) is 0. The highest BCUT2D eigenvalue weighted by Gasteiger charge is 2.21. The zero-order valence-electron chi connectivity index (χ0n) is 8.77. The molecular formula is C11H16ClN3. The number of hydrogen-bond donors (Lipinski definition) is 0. The van der Waals surface area contributed by atoms with Gasteiger partial charge in [-0.3, -0.25) is 0 Å². The summed E-state index contributed by atoms with van der Waals surface area (Å²) in [5, 5.41) is 8.08. The number of anilines is 1. The van der Waals surface area contributed by atoms with Crippen molar-refractivity contribution < 1.29 is 0 Å². The lowest BCUT2D eigenvalue weighted by atomic mass is 10.1. The van der Waals surface area contributed by atoms with E-state index < -0.39 is 0 Å². The van der Waals surface area contributed by atoms with Gasteiger partial charge in [0, 0.05) is 24.7 Å². The molecule has 1 unspecified atom stereocenters. The molecule has 0 spiro atoms. The Kier molecular flexibility index (Phi) is 3.78. The van der Waals surface area contributed by atoms with Gasteiger partial charge in [0.2, 0.25) is 0 Å². The topological polar surface area (TPSA) is 29.0 Å². The molecule has 82 valence electrons. The van der Waals surface area contributed by atoms with Crippen LogP contribution < -0.4 is 4.90 Å². The maximum absolute atomic E-state index is 6.01. The molecule has 4 heteroatoms. The smallest absolute Gasteiger partial charge is 0.151 e. The molecule has 0 aromatic carbocycles. The van der Waals surface area contributed by atoms with Crippen molar-refractivity contribution in [2.75, 3.05) is 17.3 Å². The minimum absolute atomic E-state index is 0.422. The molecule has 1 fully saturated rings. The number of aromatic nitrogens is 2. The van der Waals surface area contributed by atoms with E-state index in [1.165, 1.54) is 25.7 Å². The van der Waals surface area contributed by atoms with Crippen LogP contribution in [0.25, 0.3) is 0 Å². The van der Waals surface area contributed by atoms with Gasteiger partial charge in [0.05, 0.1) is 0 Å². The lowest BCUT2D eigenvalue weighted by molar-refractivity contribution is 0.613. The van der Waals surface area contributed by atoms with Crippen LogP contribution in [0.4, 0.5) is 5.82 Å². The van der Waals surface area contributed by atoms with Gasteiger partial charge in [0.15, 0.2) is 5.82 Å². The fourth-order valence-corrected chi connectivity index (χ4v) is 2.41. The first kappa shape index (κ1) is 10.7. The molecule has 0 aliphatic carbocycles. The van der Waals surface area contributed by atoms with Crippen molar-refractivity contribution in [2.24, 2.45) is 0 Å². The van der Waals surface area contributed by atoms with Crippen molar-refractivity contribution in [2.45, 2.75) is 31.7 Å². The van der Waals surface area contributed by atoms with Crippen LogP contribution in [-0.2, 0) is 0 Å². The minimum Gasteiger partial charge on any atom is -0.351 e. The van der Waals surface area contributed by atoms with Gasteiger partial charge in [0.25, 0.3) is 0 Å². The molecule has 2 heterocycles. The molecular weight excluding hydrogens is 210 g/mol. The SMILES string of the molecule is ClCC1CCCCCN1c1cccnn1. The molecule has 0 bridgehead atoms. The average Bonchev–Trinajstić information content (AvgIpc) is 2.55. The third-order valence-corrected chi connectivity index (χ3v) is 3.26. The van der Waals surface area contributed by atoms with Crippen LogP contribution in [-0.4, -0.2) is 28.7 Å². The second kappa shape index (κ2) is 5.31. The summed E-state index contributed by atoms with van der Waals surface area (Å²) in [5.41, 5.74) is 0. The molecule has 15 heavy (non-hydrogen) atoms. The third kappa shape index (κ3) is 2.59. The lowest BCUT2D eigenvalue weighted by Crippen LogP contribution is -2.36. The highest BCUT2D eigenvalue weighted by molar-refractivity contribution is 6.18. The number of halogens is 1. The first-order chi connectivity index (χ1) is 7.42. The summed E-state index contributed by atoms with van der Waals surface area (Å²) >= 11 is 6.01. The van der Waals surface area contributed by atoms with E-state index in [1.54, 1.807) is 6.20 Å². The highest BCUT2D eigenvalue weighted by atomic mass is 35.5. The predicted octanol–water partition coefficient (Wildman–Crippen LogP) is 2.46. The summed E-state index contributed by atoms with van der Waals surface area (Å²) in [6.45, 7) is 1.05. The van der Waals surface area contributed by atoms with Crippen LogP contribution in [0.15, 0.2) is 18.3 Å². The fourth-order valence-electron chi connectivity index (χ4n) is 2.09. The zero-order chi connectivity index (χ0) is 10.5. The van der Waals surface area contributed by atoms with Crippen molar-refractivity contribution in [1.82, 2.24) is 10.2 Å². The third-order valence-electron chi connectivity index (χ3n) is 2.91. The van der Waals surface area contributed by atoms with Gasteiger partial charge in [-0.05, 0) is 25.0 Å². The van der Waals surface area contributed by atoms with Crippen molar-refractivity contribution in [1.29, 1.82) is 0 Å². The van der Waals surface area contributed by atoms with Gasteiger partial charge in [-0.2, -0.15) is 5.10 Å². The number of hydrogen-bond acceptors (Lipinski definition) is 3. The van der Waals surface area contributed by atoms with Gasteiger partial charge < -0.3 is 4.90 Å². The van der Waals surface area contributed by atoms with Crippen LogP contribution in [0, 0.1) is 0 Å². The molecule has 0 N–H and O–H groups in total. The van der Waals surface area contributed by atoms with E-state index in [4.69, 9.17) is 11.6 Å². The standard InChI is InChI=1S/C11H16ClN3/c12-9-10-5-2-1-3-8-15(10)11-6-4-7-13-14-11/h4,6-7,10H,1-3,5,8-9H2. The second-order valence-electron chi connectivity index (χ2n) is 3.93. The van der Waals surface area contributed by atoms with Crippen molar-refractivity contribution >= 4 is 17.4 Å². The quantitative estimate of drug-likeness (QED) is 0.725. The van der Waals surface area contributed by atoms with Gasteiger partial charge in [0.1, 0.15) is 0 Å². The van der Waals surface area contributed by atoms with Gasteiger partial charge in [-0.15, -0.1) is 16.7 Å². The normalized spacial score (nSPS) is 22.5. The summed E-state index contributed by atoms with van der Waals surface area (Å²) < 4.78 is 0. The molecule has 1 saturated heterocycles. The Bertz CT molecular complexity index is 291. The number of rotatable bonds is 2. The zero-order valence-corrected chi connectivity index (χ0v) is 9.53. The minimum atomic E-state index is 0.422. The second-order valence-corrected chi connectivity index (χ2v) is 4.24. The lowest BCUT2D eigenvalue weighted by Gasteiger charge is -2.28. The summed E-state index contributed by atoms with van der Waals surface area (Å²) in [6, 6.07) is 4.36. The molecule has 0 amide bonds. The Labute approximate surface area is 95.5 Å². The van der Waals surface area contributed by atoms with Gasteiger partial charge in [-0.1, -0.05) is 12.8 Å². The van der Waals surface area contributed by atoms with Crippen LogP contribution in [0.5, 0.6) is 0 Å². The molecule has 1 atom stereocenters. The van der Waals surface area contributed by atoms with Crippen molar-refractivity contribution in [3.63, 3.8) is 0 Å². The Hall–Kier alpha value is -0.830. The van der Waals surface area contributed by atoms with Crippen molar-refractivity contribution in [3.05, 3.63) is 18.3 Å². The molecule has 1 aromatic heterocycles. The first-order valence-corrected chi connectivity index (χ1v) is 6.05. The van der Waals surface area contributed by atoms with E-state index in [-0.39, 0.29) is 0 Å². The van der Waals surface area contributed by atoms with Crippen molar-refractivity contribution in [3.8, 4) is 0 Å². The predicted molar refractivity (Wildman–Crippen MR) is 62.4 cm³/mol. The van der Waals surface area contributed by atoms with Gasteiger partial charge in [-0.25, -0.2) is 0 Å². The Balaban J connectivity index is 2.16. The van der Waals surface area contributed by atoms with E-state index in [0.29, 0.717) is 11.9 Å². The molecule has 0 radical (unpaired) electrons. The molecule has 1 aromatic rings. The Morgan fingerprint density at radius 1 is 1.40 bits per heavy atom. The molecule has 0 saturated carbocycles. The summed E-state index contributed by atoms with van der Waals surface area (Å²) in [5.74, 6) is 1.64. The van der Waals surface area contributed by atoms with Crippen LogP contribution >= 0.6 is 11.6 Å². The molecule has 1 aliphatic heterocycles. The van der Waals surface area contributed by atoms with Crippen LogP contribution in [0.2, 0.25) is 0 Å². The Morgan fingerprint density at radius 3 is 3.07 bits per heavy atom. The first-order valence-electron chi connectivity index (χ1n) is 5.52.